The first kappa shape index (κ1) is 15.4. The van der Waals surface area contributed by atoms with Crippen molar-refractivity contribution in [1.82, 2.24) is 15.1 Å². The molecule has 1 fully saturated rings. The van der Waals surface area contributed by atoms with Gasteiger partial charge in [0.05, 0.1) is 6.04 Å². The van der Waals surface area contributed by atoms with Gasteiger partial charge in [0.2, 0.25) is 5.91 Å². The molecule has 6 nitrogen and oxygen atoms in total. The van der Waals surface area contributed by atoms with Gasteiger partial charge in [0.1, 0.15) is 17.9 Å². The first-order valence-corrected chi connectivity index (χ1v) is 7.75. The first-order valence-electron chi connectivity index (χ1n) is 7.75. The fourth-order valence-corrected chi connectivity index (χ4v) is 2.74. The third kappa shape index (κ3) is 3.02. The molecule has 1 aliphatic rings. The van der Waals surface area contributed by atoms with Crippen molar-refractivity contribution in [3.63, 3.8) is 0 Å². The lowest BCUT2D eigenvalue weighted by atomic mass is 10.2. The Kier molecular flexibility index (Phi) is 3.98. The zero-order chi connectivity index (χ0) is 16.6. The molecule has 0 spiro atoms. The van der Waals surface area contributed by atoms with Crippen LogP contribution in [0.3, 0.4) is 0 Å². The second-order valence-corrected chi connectivity index (χ2v) is 6.09. The summed E-state index contributed by atoms with van der Waals surface area (Å²) in [5, 5.41) is 3.91. The largest absolute Gasteiger partial charge is 0.459 e. The van der Waals surface area contributed by atoms with E-state index in [9.17, 15) is 9.59 Å². The number of para-hydroxylation sites is 1. The molecule has 1 aliphatic heterocycles. The van der Waals surface area contributed by atoms with Crippen LogP contribution in [-0.4, -0.2) is 47.9 Å². The molecule has 1 saturated heterocycles. The predicted octanol–water partition coefficient (Wildman–Crippen LogP) is 2.37. The molecule has 1 unspecified atom stereocenters. The van der Waals surface area contributed by atoms with Crippen LogP contribution in [-0.2, 0) is 4.79 Å². The molecule has 2 atom stereocenters. The van der Waals surface area contributed by atoms with Crippen molar-refractivity contribution in [2.45, 2.75) is 25.9 Å². The Morgan fingerprint density at radius 2 is 2.13 bits per heavy atom. The highest BCUT2D eigenvalue weighted by Gasteiger charge is 2.30. The molecular formula is C17H21N3O3. The zero-order valence-electron chi connectivity index (χ0n) is 13.6. The van der Waals surface area contributed by atoms with Crippen molar-refractivity contribution in [2.75, 3.05) is 20.1 Å². The van der Waals surface area contributed by atoms with E-state index in [-0.39, 0.29) is 30.6 Å². The van der Waals surface area contributed by atoms with Gasteiger partial charge in [0, 0.05) is 25.0 Å². The number of nitrogens with zero attached hydrogens (tertiary/aromatic N) is 2. The van der Waals surface area contributed by atoms with Gasteiger partial charge in [0.15, 0.2) is 0 Å². The Morgan fingerprint density at radius 3 is 2.83 bits per heavy atom. The Labute approximate surface area is 135 Å². The highest BCUT2D eigenvalue weighted by Crippen LogP contribution is 2.23. The van der Waals surface area contributed by atoms with Gasteiger partial charge in [-0.3, -0.25) is 4.79 Å². The van der Waals surface area contributed by atoms with Crippen LogP contribution in [0.1, 0.15) is 25.6 Å². The molecule has 1 aromatic carbocycles. The van der Waals surface area contributed by atoms with Gasteiger partial charge in [-0.05, 0) is 26.0 Å². The molecule has 2 heterocycles. The van der Waals surface area contributed by atoms with Crippen LogP contribution in [0.4, 0.5) is 4.79 Å². The maximum atomic E-state index is 12.4. The summed E-state index contributed by atoms with van der Waals surface area (Å²) in [5.74, 6) is 0.656. The lowest BCUT2D eigenvalue weighted by Crippen LogP contribution is -2.57. The molecule has 0 aliphatic carbocycles. The van der Waals surface area contributed by atoms with Crippen LogP contribution >= 0.6 is 0 Å². The topological polar surface area (TPSA) is 65.8 Å². The van der Waals surface area contributed by atoms with E-state index < -0.39 is 0 Å². The van der Waals surface area contributed by atoms with Crippen molar-refractivity contribution < 1.29 is 14.0 Å². The molecule has 1 aromatic heterocycles. The van der Waals surface area contributed by atoms with Gasteiger partial charge < -0.3 is 19.5 Å². The second kappa shape index (κ2) is 5.95. The molecule has 0 radical (unpaired) electrons. The Morgan fingerprint density at radius 1 is 1.39 bits per heavy atom. The van der Waals surface area contributed by atoms with E-state index in [0.29, 0.717) is 12.3 Å². The number of fused-ring (bicyclic) bond motifs is 1. The normalized spacial score (nSPS) is 20.0. The summed E-state index contributed by atoms with van der Waals surface area (Å²) >= 11 is 0. The maximum absolute atomic E-state index is 12.4. The average molecular weight is 315 g/mol. The summed E-state index contributed by atoms with van der Waals surface area (Å²) in [6.07, 6.45) is 0. The molecule has 0 saturated carbocycles. The predicted molar refractivity (Wildman–Crippen MR) is 87.0 cm³/mol. The second-order valence-electron chi connectivity index (χ2n) is 6.09. The lowest BCUT2D eigenvalue weighted by molar-refractivity contribution is -0.135. The number of benzene rings is 1. The molecule has 122 valence electrons. The van der Waals surface area contributed by atoms with E-state index in [1.54, 1.807) is 16.8 Å². The van der Waals surface area contributed by atoms with Crippen LogP contribution in [0.25, 0.3) is 11.0 Å². The molecule has 0 bridgehead atoms. The Bertz CT molecular complexity index is 707. The summed E-state index contributed by atoms with van der Waals surface area (Å²) in [6, 6.07) is 9.16. The third-order valence-corrected chi connectivity index (χ3v) is 4.36. The minimum absolute atomic E-state index is 0.0171. The SMILES string of the molecule is CC1CN(C(=O)N[C@@H](C)c2cc3ccccc3o2)CC(=O)N1C. The molecular weight excluding hydrogens is 294 g/mol. The maximum Gasteiger partial charge on any atom is 0.318 e. The van der Waals surface area contributed by atoms with Crippen molar-refractivity contribution >= 4 is 22.9 Å². The summed E-state index contributed by atoms with van der Waals surface area (Å²) in [4.78, 5) is 27.5. The number of carbonyl (C=O) groups excluding carboxylic acids is 2. The van der Waals surface area contributed by atoms with E-state index in [0.717, 1.165) is 11.0 Å². The van der Waals surface area contributed by atoms with Gasteiger partial charge in [-0.15, -0.1) is 0 Å². The molecule has 2 aromatic rings. The number of likely N-dealkylation sites (N-methyl/N-ethyl adjacent to an activating group) is 1. The first-order chi connectivity index (χ1) is 11.0. The number of piperazine rings is 1. The number of nitrogens with one attached hydrogen (secondary N) is 1. The van der Waals surface area contributed by atoms with E-state index in [1.165, 1.54) is 0 Å². The zero-order valence-corrected chi connectivity index (χ0v) is 13.6. The quantitative estimate of drug-likeness (QED) is 0.925. The van der Waals surface area contributed by atoms with Crippen molar-refractivity contribution in [3.8, 4) is 0 Å². The molecule has 3 amide bonds. The number of urea groups is 1. The number of carbonyl (C=O) groups is 2. The van der Waals surface area contributed by atoms with Crippen molar-refractivity contribution in [2.24, 2.45) is 0 Å². The number of furan rings is 1. The van der Waals surface area contributed by atoms with Crippen LogP contribution in [0.15, 0.2) is 34.7 Å². The fourth-order valence-electron chi connectivity index (χ4n) is 2.74. The number of rotatable bonds is 2. The van der Waals surface area contributed by atoms with E-state index in [1.807, 2.05) is 44.2 Å². The summed E-state index contributed by atoms with van der Waals surface area (Å²) in [6.45, 7) is 4.44. The molecule has 6 heteroatoms. The summed E-state index contributed by atoms with van der Waals surface area (Å²) in [7, 11) is 1.76. The van der Waals surface area contributed by atoms with E-state index in [2.05, 4.69) is 5.32 Å². The van der Waals surface area contributed by atoms with Gasteiger partial charge in [-0.2, -0.15) is 0 Å². The third-order valence-electron chi connectivity index (χ3n) is 4.36. The van der Waals surface area contributed by atoms with Gasteiger partial charge in [-0.1, -0.05) is 18.2 Å². The van der Waals surface area contributed by atoms with Crippen LogP contribution in [0.5, 0.6) is 0 Å². The minimum atomic E-state index is -0.264. The monoisotopic (exact) mass is 315 g/mol. The van der Waals surface area contributed by atoms with Gasteiger partial charge >= 0.3 is 6.03 Å². The highest BCUT2D eigenvalue weighted by molar-refractivity contribution is 5.85. The highest BCUT2D eigenvalue weighted by atomic mass is 16.3. The van der Waals surface area contributed by atoms with Crippen LogP contribution in [0.2, 0.25) is 0 Å². The average Bonchev–Trinajstić information content (AvgIpc) is 2.96. The van der Waals surface area contributed by atoms with Gasteiger partial charge in [0.25, 0.3) is 0 Å². The smallest absolute Gasteiger partial charge is 0.318 e. The van der Waals surface area contributed by atoms with Crippen LogP contribution < -0.4 is 5.32 Å². The fraction of sp³-hybridized carbons (Fsp3) is 0.412. The van der Waals surface area contributed by atoms with Crippen LogP contribution in [0, 0.1) is 0 Å². The van der Waals surface area contributed by atoms with Crippen molar-refractivity contribution in [3.05, 3.63) is 36.1 Å². The van der Waals surface area contributed by atoms with Gasteiger partial charge in [-0.25, -0.2) is 4.79 Å². The molecule has 3 rings (SSSR count). The van der Waals surface area contributed by atoms with E-state index in [4.69, 9.17) is 4.42 Å². The Hall–Kier alpha value is -2.50. The summed E-state index contributed by atoms with van der Waals surface area (Å²) in [5.41, 5.74) is 0.798. The van der Waals surface area contributed by atoms with E-state index >= 15 is 0 Å². The number of hydrogen-bond donors (Lipinski definition) is 1. The minimum Gasteiger partial charge on any atom is -0.459 e. The number of amides is 3. The number of hydrogen-bond acceptors (Lipinski definition) is 3. The molecule has 1 N–H and O–H groups in total. The standard InChI is InChI=1S/C17H21N3O3/c1-11-9-20(10-16(21)19(11)3)17(22)18-12(2)15-8-13-6-4-5-7-14(13)23-15/h4-8,11-12H,9-10H2,1-3H3,(H,18,22)/t11?,12-/m0/s1. The molecule has 23 heavy (non-hydrogen) atoms. The van der Waals surface area contributed by atoms with Crippen molar-refractivity contribution in [1.29, 1.82) is 0 Å². The lowest BCUT2D eigenvalue weighted by Gasteiger charge is -2.37. The summed E-state index contributed by atoms with van der Waals surface area (Å²) < 4.78 is 5.77. The Balaban J connectivity index is 1.68.